The molecule has 1 aromatic heterocycles. The first-order chi connectivity index (χ1) is 14.3. The van der Waals surface area contributed by atoms with E-state index in [1.165, 1.54) is 17.0 Å². The van der Waals surface area contributed by atoms with Gasteiger partial charge in [-0.1, -0.05) is 30.3 Å². The molecule has 1 amide bonds. The number of nitrogens with one attached hydrogen (secondary N) is 1. The van der Waals surface area contributed by atoms with E-state index in [2.05, 4.69) is 5.32 Å². The monoisotopic (exact) mass is 433 g/mol. The molecule has 2 aromatic carbocycles. The minimum absolute atomic E-state index is 0.0247. The van der Waals surface area contributed by atoms with Crippen LogP contribution in [0.15, 0.2) is 66.0 Å². The molecule has 0 unspecified atom stereocenters. The van der Waals surface area contributed by atoms with Gasteiger partial charge in [0.1, 0.15) is 0 Å². The van der Waals surface area contributed by atoms with Gasteiger partial charge in [-0.3, -0.25) is 4.79 Å². The van der Waals surface area contributed by atoms with Crippen LogP contribution >= 0.6 is 11.3 Å². The fraction of sp³-hybridized carbons (Fsp3) is 0.227. The van der Waals surface area contributed by atoms with Gasteiger partial charge in [-0.15, -0.1) is 11.3 Å². The van der Waals surface area contributed by atoms with Crippen LogP contribution in [-0.4, -0.2) is 17.5 Å². The molecule has 0 fully saturated rings. The number of hydrogen-bond acceptors (Lipinski definition) is 4. The van der Waals surface area contributed by atoms with Gasteiger partial charge in [-0.25, -0.2) is 0 Å². The minimum atomic E-state index is -4.40. The molecule has 0 radical (unpaired) electrons. The molecular formula is C22H20F3N2O2S-. The van der Waals surface area contributed by atoms with Crippen molar-refractivity contribution in [1.82, 2.24) is 10.4 Å². The van der Waals surface area contributed by atoms with Crippen LogP contribution in [0.1, 0.15) is 31.9 Å². The van der Waals surface area contributed by atoms with Crippen LogP contribution in [0.3, 0.4) is 0 Å². The minimum Gasteiger partial charge on any atom is -0.785 e. The van der Waals surface area contributed by atoms with E-state index >= 15 is 0 Å². The van der Waals surface area contributed by atoms with Crippen LogP contribution in [0.4, 0.5) is 13.2 Å². The Bertz CT molecular complexity index is 940. The number of benzene rings is 2. The Labute approximate surface area is 176 Å². The van der Waals surface area contributed by atoms with Crippen LogP contribution in [0.25, 0.3) is 0 Å². The Kier molecular flexibility index (Phi) is 7.25. The van der Waals surface area contributed by atoms with Gasteiger partial charge < -0.3 is 15.6 Å². The van der Waals surface area contributed by atoms with Crippen molar-refractivity contribution in [2.45, 2.75) is 25.7 Å². The quantitative estimate of drug-likeness (QED) is 0.495. The average Bonchev–Trinajstić information content (AvgIpc) is 3.21. The highest BCUT2D eigenvalue weighted by Crippen LogP contribution is 2.29. The lowest BCUT2D eigenvalue weighted by atomic mass is 10.1. The van der Waals surface area contributed by atoms with Crippen molar-refractivity contribution < 1.29 is 18.0 Å². The van der Waals surface area contributed by atoms with Crippen LogP contribution < -0.4 is 5.32 Å². The zero-order valence-corrected chi connectivity index (χ0v) is 16.8. The van der Waals surface area contributed by atoms with E-state index < -0.39 is 11.7 Å². The fourth-order valence-electron chi connectivity index (χ4n) is 2.88. The molecule has 3 aromatic rings. The summed E-state index contributed by atoms with van der Waals surface area (Å²) in [5.74, 6) is -0.179. The third-order valence-electron chi connectivity index (χ3n) is 4.45. The summed E-state index contributed by atoms with van der Waals surface area (Å²) in [6.07, 6.45) is -3.62. The smallest absolute Gasteiger partial charge is 0.416 e. The summed E-state index contributed by atoms with van der Waals surface area (Å²) in [5, 5.41) is 17.8. The molecule has 0 spiro atoms. The number of rotatable bonds is 8. The van der Waals surface area contributed by atoms with Crippen molar-refractivity contribution >= 4 is 17.2 Å². The predicted octanol–water partition coefficient (Wildman–Crippen LogP) is 5.24. The maximum atomic E-state index is 12.6. The molecule has 158 valence electrons. The number of nitrogens with zero attached hydrogens (tertiary/aromatic N) is 1. The number of hydroxylamine groups is 2. The Balaban J connectivity index is 1.47. The van der Waals surface area contributed by atoms with Gasteiger partial charge >= 0.3 is 6.18 Å². The van der Waals surface area contributed by atoms with E-state index in [1.54, 1.807) is 35.6 Å². The van der Waals surface area contributed by atoms with Gasteiger partial charge in [0.25, 0.3) is 5.91 Å². The second-order valence-corrected chi connectivity index (χ2v) is 7.81. The summed E-state index contributed by atoms with van der Waals surface area (Å²) < 4.78 is 37.8. The molecule has 0 aliphatic rings. The van der Waals surface area contributed by atoms with Crippen LogP contribution in [-0.2, 0) is 25.7 Å². The van der Waals surface area contributed by atoms with Gasteiger partial charge in [-0.05, 0) is 53.3 Å². The predicted molar refractivity (Wildman–Crippen MR) is 111 cm³/mol. The van der Waals surface area contributed by atoms with Crippen molar-refractivity contribution in [2.24, 2.45) is 0 Å². The summed E-state index contributed by atoms with van der Waals surface area (Å²) >= 11 is 1.64. The number of halogens is 3. The summed E-state index contributed by atoms with van der Waals surface area (Å²) in [4.78, 5) is 13.4. The first-order valence-electron chi connectivity index (χ1n) is 9.29. The number of carbonyl (C=O) groups is 1. The van der Waals surface area contributed by atoms with Crippen LogP contribution in [0.5, 0.6) is 0 Å². The van der Waals surface area contributed by atoms with Crippen LogP contribution in [0.2, 0.25) is 0 Å². The van der Waals surface area contributed by atoms with Gasteiger partial charge in [0.05, 0.1) is 5.56 Å². The van der Waals surface area contributed by atoms with E-state index in [4.69, 9.17) is 0 Å². The summed E-state index contributed by atoms with van der Waals surface area (Å²) in [6.45, 7) is 0.590. The third kappa shape index (κ3) is 6.41. The number of hydrogen-bond donors (Lipinski definition) is 1. The van der Waals surface area contributed by atoms with E-state index in [1.807, 2.05) is 17.5 Å². The molecule has 0 aliphatic carbocycles. The number of thiophene rings is 1. The normalized spacial score (nSPS) is 11.6. The zero-order valence-electron chi connectivity index (χ0n) is 16.0. The number of amides is 1. The topological polar surface area (TPSA) is 55.4 Å². The number of carbonyl (C=O) groups excluding carboxylic acids is 1. The zero-order chi connectivity index (χ0) is 21.6. The second kappa shape index (κ2) is 9.88. The standard InChI is InChI=1S/C22H20F3N2O2S/c23-22(24,25)19-9-5-17(6-10-19)15-27(29)14-16-3-7-18(8-4-16)21(28)26-12-11-20-2-1-13-30-20/h1-10,13H,11-12,14-15H2,(H,26,28)/q-1. The van der Waals surface area contributed by atoms with Gasteiger partial charge in [0.2, 0.25) is 0 Å². The molecule has 0 bridgehead atoms. The van der Waals surface area contributed by atoms with E-state index in [0.717, 1.165) is 23.6 Å². The first-order valence-corrected chi connectivity index (χ1v) is 10.2. The van der Waals surface area contributed by atoms with Crippen molar-refractivity contribution in [3.8, 4) is 0 Å². The molecule has 0 saturated heterocycles. The van der Waals surface area contributed by atoms with Crippen molar-refractivity contribution in [1.29, 1.82) is 0 Å². The molecule has 1 N–H and O–H groups in total. The van der Waals surface area contributed by atoms with Crippen molar-refractivity contribution in [3.63, 3.8) is 0 Å². The van der Waals surface area contributed by atoms with Gasteiger partial charge in [-0.2, -0.15) is 13.2 Å². The molecular weight excluding hydrogens is 413 g/mol. The Morgan fingerprint density at radius 1 is 0.967 bits per heavy atom. The molecule has 1 heterocycles. The maximum absolute atomic E-state index is 12.6. The molecule has 0 aliphatic heterocycles. The molecule has 0 atom stereocenters. The largest absolute Gasteiger partial charge is 0.785 e. The molecule has 4 nitrogen and oxygen atoms in total. The Hall–Kier alpha value is -2.68. The van der Waals surface area contributed by atoms with E-state index in [9.17, 15) is 23.2 Å². The molecule has 30 heavy (non-hydrogen) atoms. The highest BCUT2D eigenvalue weighted by Gasteiger charge is 2.29. The fourth-order valence-corrected chi connectivity index (χ4v) is 3.59. The summed E-state index contributed by atoms with van der Waals surface area (Å²) in [7, 11) is 0. The van der Waals surface area contributed by atoms with Crippen molar-refractivity contribution in [2.75, 3.05) is 6.54 Å². The van der Waals surface area contributed by atoms with Gasteiger partial charge in [0, 0.05) is 30.1 Å². The Morgan fingerprint density at radius 2 is 1.57 bits per heavy atom. The lowest BCUT2D eigenvalue weighted by molar-refractivity contribution is -0.137. The van der Waals surface area contributed by atoms with Crippen molar-refractivity contribution in [3.05, 3.63) is 98.4 Å². The molecule has 3 rings (SSSR count). The Morgan fingerprint density at radius 3 is 2.10 bits per heavy atom. The number of alkyl halides is 3. The third-order valence-corrected chi connectivity index (χ3v) is 5.39. The second-order valence-electron chi connectivity index (χ2n) is 6.77. The first kappa shape index (κ1) is 22.0. The lowest BCUT2D eigenvalue weighted by Crippen LogP contribution is -2.25. The van der Waals surface area contributed by atoms with E-state index in [-0.39, 0.29) is 19.0 Å². The average molecular weight is 433 g/mol. The summed E-state index contributed by atoms with van der Waals surface area (Å²) in [6, 6.07) is 15.2. The highest BCUT2D eigenvalue weighted by atomic mass is 32.1. The maximum Gasteiger partial charge on any atom is 0.416 e. The molecule has 8 heteroatoms. The molecule has 0 saturated carbocycles. The SMILES string of the molecule is O=C(NCCc1cccs1)c1ccc(CN([O-])Cc2ccc(C(F)(F)F)cc2)cc1. The lowest BCUT2D eigenvalue weighted by Gasteiger charge is -2.28. The van der Waals surface area contributed by atoms with E-state index in [0.29, 0.717) is 23.2 Å². The van der Waals surface area contributed by atoms with Crippen LogP contribution in [0, 0.1) is 5.21 Å². The van der Waals surface area contributed by atoms with Gasteiger partial charge in [0.15, 0.2) is 0 Å². The highest BCUT2D eigenvalue weighted by molar-refractivity contribution is 7.09. The summed E-state index contributed by atoms with van der Waals surface area (Å²) in [5.41, 5.74) is 0.977.